The van der Waals surface area contributed by atoms with Crippen molar-refractivity contribution in [3.63, 3.8) is 0 Å². The lowest BCUT2D eigenvalue weighted by atomic mass is 10.0. The maximum absolute atomic E-state index is 4.81. The Morgan fingerprint density at radius 3 is 2.64 bits per heavy atom. The summed E-state index contributed by atoms with van der Waals surface area (Å²) in [5.41, 5.74) is 4.07. The molecule has 124 valence electrons. The Labute approximate surface area is 145 Å². The fourth-order valence-electron chi connectivity index (χ4n) is 2.26. The van der Waals surface area contributed by atoms with E-state index in [9.17, 15) is 0 Å². The van der Waals surface area contributed by atoms with Crippen LogP contribution >= 0.6 is 23.5 Å². The van der Waals surface area contributed by atoms with Gasteiger partial charge in [-0.25, -0.2) is 0 Å². The standard InChI is InChI=1S/C18H30N2S2/c1-6-7-8-16-9-10-17(15(2)13-16)18(22-5)19-14-20(3)11-12-21-4/h9-10,13H,6-8,11-12,14H2,1-5H3. The number of unbranched alkanes of at least 4 members (excludes halogenated alkanes) is 1. The minimum Gasteiger partial charge on any atom is -0.287 e. The maximum Gasteiger partial charge on any atom is 0.0992 e. The van der Waals surface area contributed by atoms with E-state index in [1.54, 1.807) is 11.8 Å². The van der Waals surface area contributed by atoms with Gasteiger partial charge in [-0.2, -0.15) is 11.8 Å². The Hall–Kier alpha value is -0.450. The van der Waals surface area contributed by atoms with E-state index < -0.39 is 0 Å². The number of nitrogens with zero attached hydrogens (tertiary/aromatic N) is 2. The molecule has 0 spiro atoms. The van der Waals surface area contributed by atoms with Gasteiger partial charge in [-0.15, -0.1) is 11.8 Å². The molecule has 2 nitrogen and oxygen atoms in total. The molecular weight excluding hydrogens is 308 g/mol. The van der Waals surface area contributed by atoms with E-state index in [4.69, 9.17) is 4.99 Å². The van der Waals surface area contributed by atoms with Crippen molar-refractivity contribution in [3.8, 4) is 0 Å². The lowest BCUT2D eigenvalue weighted by Gasteiger charge is -2.15. The lowest BCUT2D eigenvalue weighted by Crippen LogP contribution is -2.22. The van der Waals surface area contributed by atoms with Gasteiger partial charge in [-0.1, -0.05) is 31.5 Å². The van der Waals surface area contributed by atoms with Crippen LogP contribution in [0.5, 0.6) is 0 Å². The van der Waals surface area contributed by atoms with Gasteiger partial charge >= 0.3 is 0 Å². The molecule has 0 heterocycles. The third kappa shape index (κ3) is 6.76. The Morgan fingerprint density at radius 2 is 2.05 bits per heavy atom. The molecule has 0 radical (unpaired) electrons. The predicted molar refractivity (Wildman–Crippen MR) is 106 cm³/mol. The zero-order chi connectivity index (χ0) is 16.4. The molecule has 1 aromatic rings. The molecule has 0 aliphatic carbocycles. The van der Waals surface area contributed by atoms with Crippen LogP contribution in [0.1, 0.15) is 36.5 Å². The third-order valence-electron chi connectivity index (χ3n) is 3.67. The molecule has 0 saturated carbocycles. The molecule has 1 aromatic carbocycles. The van der Waals surface area contributed by atoms with Gasteiger partial charge in [0.15, 0.2) is 0 Å². The second-order valence-electron chi connectivity index (χ2n) is 5.63. The number of hydrogen-bond acceptors (Lipinski definition) is 4. The van der Waals surface area contributed by atoms with Crippen molar-refractivity contribution in [3.05, 3.63) is 34.9 Å². The Balaban J connectivity index is 2.77. The fourth-order valence-corrected chi connectivity index (χ4v) is 3.39. The molecule has 0 amide bonds. The van der Waals surface area contributed by atoms with Gasteiger partial charge < -0.3 is 0 Å². The van der Waals surface area contributed by atoms with Crippen molar-refractivity contribution in [2.24, 2.45) is 4.99 Å². The molecule has 0 saturated heterocycles. The third-order valence-corrected chi connectivity index (χ3v) is 4.99. The summed E-state index contributed by atoms with van der Waals surface area (Å²) in [4.78, 5) is 7.09. The van der Waals surface area contributed by atoms with Crippen LogP contribution in [0.15, 0.2) is 23.2 Å². The molecule has 4 heteroatoms. The van der Waals surface area contributed by atoms with Crippen LogP contribution in [-0.4, -0.2) is 48.5 Å². The zero-order valence-electron chi connectivity index (χ0n) is 14.7. The van der Waals surface area contributed by atoms with Crippen molar-refractivity contribution < 1.29 is 0 Å². The van der Waals surface area contributed by atoms with Crippen LogP contribution in [0.2, 0.25) is 0 Å². The summed E-state index contributed by atoms with van der Waals surface area (Å²) < 4.78 is 0. The van der Waals surface area contributed by atoms with Gasteiger partial charge in [0.2, 0.25) is 0 Å². The van der Waals surface area contributed by atoms with Crippen molar-refractivity contribution in [1.82, 2.24) is 4.90 Å². The van der Waals surface area contributed by atoms with Crippen LogP contribution < -0.4 is 0 Å². The number of aliphatic imine (C=N–C) groups is 1. The molecule has 1 rings (SSSR count). The molecule has 0 aliphatic rings. The molecular formula is C18H30N2S2. The summed E-state index contributed by atoms with van der Waals surface area (Å²) in [6.45, 7) is 6.30. The highest BCUT2D eigenvalue weighted by atomic mass is 32.2. The second-order valence-corrected chi connectivity index (χ2v) is 7.41. The number of hydrogen-bond donors (Lipinski definition) is 0. The second kappa shape index (κ2) is 11.1. The van der Waals surface area contributed by atoms with Crippen molar-refractivity contribution >= 4 is 28.6 Å². The normalized spacial score (nSPS) is 12.2. The largest absolute Gasteiger partial charge is 0.287 e. The van der Waals surface area contributed by atoms with Crippen molar-refractivity contribution in [1.29, 1.82) is 0 Å². The minimum atomic E-state index is 0.772. The van der Waals surface area contributed by atoms with Gasteiger partial charge in [-0.05, 0) is 50.5 Å². The molecule has 22 heavy (non-hydrogen) atoms. The van der Waals surface area contributed by atoms with Crippen LogP contribution in [0, 0.1) is 6.92 Å². The van der Waals surface area contributed by atoms with Crippen LogP contribution in [0.4, 0.5) is 0 Å². The first-order valence-electron chi connectivity index (χ1n) is 7.98. The monoisotopic (exact) mass is 338 g/mol. The Kier molecular flexibility index (Phi) is 9.92. The van der Waals surface area contributed by atoms with E-state index in [0.29, 0.717) is 0 Å². The topological polar surface area (TPSA) is 15.6 Å². The summed E-state index contributed by atoms with van der Waals surface area (Å²) >= 11 is 3.63. The minimum absolute atomic E-state index is 0.772. The summed E-state index contributed by atoms with van der Waals surface area (Å²) in [7, 11) is 2.14. The smallest absolute Gasteiger partial charge is 0.0992 e. The van der Waals surface area contributed by atoms with E-state index >= 15 is 0 Å². The number of aryl methyl sites for hydroxylation is 2. The first kappa shape index (κ1) is 19.6. The Bertz CT molecular complexity index is 472. The molecule has 0 aliphatic heterocycles. The quantitative estimate of drug-likeness (QED) is 0.479. The highest BCUT2D eigenvalue weighted by Gasteiger charge is 2.07. The Morgan fingerprint density at radius 1 is 1.27 bits per heavy atom. The van der Waals surface area contributed by atoms with E-state index in [0.717, 1.165) is 24.0 Å². The molecule has 0 N–H and O–H groups in total. The van der Waals surface area contributed by atoms with Crippen LogP contribution in [-0.2, 0) is 6.42 Å². The molecule has 0 unspecified atom stereocenters. The summed E-state index contributed by atoms with van der Waals surface area (Å²) in [5, 5.41) is 1.15. The average molecular weight is 339 g/mol. The van der Waals surface area contributed by atoms with Crippen LogP contribution in [0.3, 0.4) is 0 Å². The number of benzene rings is 1. The number of thioether (sulfide) groups is 2. The van der Waals surface area contributed by atoms with Crippen LogP contribution in [0.25, 0.3) is 0 Å². The summed E-state index contributed by atoms with van der Waals surface area (Å²) in [6.07, 6.45) is 7.96. The summed E-state index contributed by atoms with van der Waals surface area (Å²) in [6, 6.07) is 6.84. The van der Waals surface area contributed by atoms with Gasteiger partial charge in [0.05, 0.1) is 11.7 Å². The first-order chi connectivity index (χ1) is 10.6. The van der Waals surface area contributed by atoms with E-state index in [1.807, 2.05) is 11.8 Å². The molecule has 0 atom stereocenters. The molecule has 0 aromatic heterocycles. The molecule has 0 fully saturated rings. The van der Waals surface area contributed by atoms with E-state index in [1.165, 1.54) is 36.0 Å². The number of rotatable bonds is 9. The average Bonchev–Trinajstić information content (AvgIpc) is 2.52. The van der Waals surface area contributed by atoms with Gasteiger partial charge in [-0.3, -0.25) is 9.89 Å². The van der Waals surface area contributed by atoms with Gasteiger partial charge in [0.25, 0.3) is 0 Å². The first-order valence-corrected chi connectivity index (χ1v) is 10.6. The SMILES string of the molecule is CCCCc1ccc(C(=NCN(C)CCSC)SC)c(C)c1. The van der Waals surface area contributed by atoms with Gasteiger partial charge in [0.1, 0.15) is 0 Å². The van der Waals surface area contributed by atoms with Gasteiger partial charge in [0, 0.05) is 17.9 Å². The lowest BCUT2D eigenvalue weighted by molar-refractivity contribution is 0.369. The predicted octanol–water partition coefficient (Wildman–Crippen LogP) is 4.70. The van der Waals surface area contributed by atoms with E-state index in [2.05, 4.69) is 56.5 Å². The zero-order valence-corrected chi connectivity index (χ0v) is 16.3. The van der Waals surface area contributed by atoms with Crippen molar-refractivity contribution in [2.75, 3.05) is 38.5 Å². The van der Waals surface area contributed by atoms with E-state index in [-0.39, 0.29) is 0 Å². The summed E-state index contributed by atoms with van der Waals surface area (Å²) in [5.74, 6) is 1.16. The fraction of sp³-hybridized carbons (Fsp3) is 0.611. The highest BCUT2D eigenvalue weighted by Crippen LogP contribution is 2.19. The molecule has 0 bridgehead atoms. The maximum atomic E-state index is 4.81. The highest BCUT2D eigenvalue weighted by molar-refractivity contribution is 8.13. The van der Waals surface area contributed by atoms with Crippen molar-refractivity contribution in [2.45, 2.75) is 33.1 Å².